The summed E-state index contributed by atoms with van der Waals surface area (Å²) in [6, 6.07) is 6.33. The second kappa shape index (κ2) is 7.32. The van der Waals surface area contributed by atoms with Gasteiger partial charge in [0.1, 0.15) is 11.9 Å². The van der Waals surface area contributed by atoms with Gasteiger partial charge in [0.2, 0.25) is 5.95 Å². The molecule has 0 radical (unpaired) electrons. The maximum absolute atomic E-state index is 6.21. The first-order chi connectivity index (χ1) is 12.2. The van der Waals surface area contributed by atoms with E-state index in [-0.39, 0.29) is 0 Å². The molecule has 1 aromatic heterocycles. The molecule has 5 heteroatoms. The summed E-state index contributed by atoms with van der Waals surface area (Å²) < 4.78 is 7.35. The van der Waals surface area contributed by atoms with Crippen molar-refractivity contribution in [2.45, 2.75) is 45.1 Å². The molecule has 1 fully saturated rings. The van der Waals surface area contributed by atoms with Gasteiger partial charge in [0, 0.05) is 36.4 Å². The van der Waals surface area contributed by atoms with Crippen molar-refractivity contribution in [3.8, 4) is 5.75 Å². The number of halogens is 1. The van der Waals surface area contributed by atoms with Crippen LogP contribution in [0.2, 0.25) is 0 Å². The lowest BCUT2D eigenvalue weighted by molar-refractivity contribution is 0.138. The normalized spacial score (nSPS) is 20.4. The average molecular weight is 402 g/mol. The minimum atomic E-state index is 0.319. The molecule has 0 bridgehead atoms. The van der Waals surface area contributed by atoms with Gasteiger partial charge in [-0.3, -0.25) is 0 Å². The summed E-state index contributed by atoms with van der Waals surface area (Å²) in [5, 5.41) is 0. The van der Waals surface area contributed by atoms with Gasteiger partial charge in [0.25, 0.3) is 0 Å². The van der Waals surface area contributed by atoms with Crippen LogP contribution < -0.4 is 9.64 Å². The predicted molar refractivity (Wildman–Crippen MR) is 103 cm³/mol. The van der Waals surface area contributed by atoms with Crippen molar-refractivity contribution in [1.29, 1.82) is 0 Å². The van der Waals surface area contributed by atoms with Crippen molar-refractivity contribution < 1.29 is 4.74 Å². The number of anilines is 1. The molecule has 25 heavy (non-hydrogen) atoms. The Kier molecular flexibility index (Phi) is 4.93. The molecule has 3 heterocycles. The van der Waals surface area contributed by atoms with E-state index in [1.54, 1.807) is 0 Å². The van der Waals surface area contributed by atoms with Gasteiger partial charge < -0.3 is 9.64 Å². The lowest BCUT2D eigenvalue weighted by Gasteiger charge is -2.34. The van der Waals surface area contributed by atoms with E-state index in [2.05, 4.69) is 55.9 Å². The van der Waals surface area contributed by atoms with Gasteiger partial charge in [0.15, 0.2) is 0 Å². The molecule has 0 saturated carbocycles. The Bertz CT molecular complexity index is 726. The lowest BCUT2D eigenvalue weighted by atomic mass is 9.89. The SMILES string of the molecule is CCCc1cnc(N2CCC(C3Cc4cc(Br)ccc4O3)CC2)nc1. The molecule has 1 atom stereocenters. The van der Waals surface area contributed by atoms with E-state index < -0.39 is 0 Å². The van der Waals surface area contributed by atoms with E-state index in [1.807, 2.05) is 12.4 Å². The number of fused-ring (bicyclic) bond motifs is 1. The topological polar surface area (TPSA) is 38.2 Å². The second-order valence-electron chi connectivity index (χ2n) is 7.08. The third kappa shape index (κ3) is 3.66. The largest absolute Gasteiger partial charge is 0.490 e. The molecule has 0 aliphatic carbocycles. The summed E-state index contributed by atoms with van der Waals surface area (Å²) in [5.41, 5.74) is 2.56. The minimum Gasteiger partial charge on any atom is -0.490 e. The average Bonchev–Trinajstić information content (AvgIpc) is 3.06. The maximum atomic E-state index is 6.21. The number of aryl methyl sites for hydroxylation is 1. The van der Waals surface area contributed by atoms with Crippen LogP contribution in [0.15, 0.2) is 35.1 Å². The quantitative estimate of drug-likeness (QED) is 0.760. The van der Waals surface area contributed by atoms with Gasteiger partial charge in [0.05, 0.1) is 0 Å². The summed E-state index contributed by atoms with van der Waals surface area (Å²) >= 11 is 3.55. The summed E-state index contributed by atoms with van der Waals surface area (Å²) in [6.07, 6.45) is 9.77. The first-order valence-electron chi connectivity index (χ1n) is 9.24. The third-order valence-electron chi connectivity index (χ3n) is 5.30. The Morgan fingerprint density at radius 2 is 1.96 bits per heavy atom. The van der Waals surface area contributed by atoms with E-state index in [4.69, 9.17) is 4.74 Å². The number of nitrogens with zero attached hydrogens (tertiary/aromatic N) is 3. The van der Waals surface area contributed by atoms with E-state index in [0.29, 0.717) is 12.0 Å². The molecule has 2 aliphatic heterocycles. The maximum Gasteiger partial charge on any atom is 0.225 e. The van der Waals surface area contributed by atoms with Crippen LogP contribution in [0, 0.1) is 5.92 Å². The predicted octanol–water partition coefficient (Wildman–Crippen LogP) is 4.41. The second-order valence-corrected chi connectivity index (χ2v) is 7.99. The monoisotopic (exact) mass is 401 g/mol. The van der Waals surface area contributed by atoms with Crippen LogP contribution in [-0.2, 0) is 12.8 Å². The molecule has 1 aromatic carbocycles. The smallest absolute Gasteiger partial charge is 0.225 e. The summed E-state index contributed by atoms with van der Waals surface area (Å²) in [4.78, 5) is 11.4. The molecule has 2 aromatic rings. The van der Waals surface area contributed by atoms with Crippen molar-refractivity contribution in [1.82, 2.24) is 9.97 Å². The fourth-order valence-electron chi connectivity index (χ4n) is 3.91. The van der Waals surface area contributed by atoms with Gasteiger partial charge in [-0.15, -0.1) is 0 Å². The molecule has 1 saturated heterocycles. The standard InChI is InChI=1S/C20H24BrN3O/c1-2-3-14-12-22-20(23-13-14)24-8-6-15(7-9-24)19-11-16-10-17(21)4-5-18(16)25-19/h4-5,10,12-13,15,19H,2-3,6-9,11H2,1H3. The Morgan fingerprint density at radius 3 is 2.68 bits per heavy atom. The van der Waals surface area contributed by atoms with E-state index in [9.17, 15) is 0 Å². The van der Waals surface area contributed by atoms with Crippen molar-refractivity contribution in [2.24, 2.45) is 5.92 Å². The number of ether oxygens (including phenoxy) is 1. The summed E-state index contributed by atoms with van der Waals surface area (Å²) in [5.74, 6) is 2.55. The van der Waals surface area contributed by atoms with E-state index in [1.165, 1.54) is 11.1 Å². The number of piperidine rings is 1. The molecule has 1 unspecified atom stereocenters. The molecule has 2 aliphatic rings. The van der Waals surface area contributed by atoms with Crippen LogP contribution in [0.1, 0.15) is 37.3 Å². The Morgan fingerprint density at radius 1 is 1.20 bits per heavy atom. The first kappa shape index (κ1) is 16.8. The van der Waals surface area contributed by atoms with Crippen LogP contribution in [0.3, 0.4) is 0 Å². The molecule has 0 amide bonds. The zero-order valence-electron chi connectivity index (χ0n) is 14.6. The third-order valence-corrected chi connectivity index (χ3v) is 5.79. The fourth-order valence-corrected chi connectivity index (χ4v) is 4.32. The van der Waals surface area contributed by atoms with Gasteiger partial charge in [-0.1, -0.05) is 29.3 Å². The molecule has 132 valence electrons. The van der Waals surface area contributed by atoms with Crippen molar-refractivity contribution >= 4 is 21.9 Å². The first-order valence-corrected chi connectivity index (χ1v) is 10.0. The summed E-state index contributed by atoms with van der Waals surface area (Å²) in [6.45, 7) is 4.20. The highest BCUT2D eigenvalue weighted by Gasteiger charge is 2.33. The van der Waals surface area contributed by atoms with Gasteiger partial charge >= 0.3 is 0 Å². The highest BCUT2D eigenvalue weighted by Crippen LogP contribution is 2.36. The highest BCUT2D eigenvalue weighted by molar-refractivity contribution is 9.10. The van der Waals surface area contributed by atoms with E-state index >= 15 is 0 Å². The zero-order chi connectivity index (χ0) is 17.2. The van der Waals surface area contributed by atoms with Crippen molar-refractivity contribution in [2.75, 3.05) is 18.0 Å². The number of hydrogen-bond acceptors (Lipinski definition) is 4. The molecular formula is C20H24BrN3O. The zero-order valence-corrected chi connectivity index (χ0v) is 16.2. The van der Waals surface area contributed by atoms with Gasteiger partial charge in [-0.25, -0.2) is 9.97 Å². The number of rotatable bonds is 4. The Labute approximate surface area is 157 Å². The van der Waals surface area contributed by atoms with Crippen LogP contribution in [0.4, 0.5) is 5.95 Å². The van der Waals surface area contributed by atoms with Crippen LogP contribution in [0.5, 0.6) is 5.75 Å². The summed E-state index contributed by atoms with van der Waals surface area (Å²) in [7, 11) is 0. The van der Waals surface area contributed by atoms with Gasteiger partial charge in [-0.05, 0) is 54.5 Å². The number of benzene rings is 1. The minimum absolute atomic E-state index is 0.319. The van der Waals surface area contributed by atoms with Gasteiger partial charge in [-0.2, -0.15) is 0 Å². The molecular weight excluding hydrogens is 378 g/mol. The van der Waals surface area contributed by atoms with Crippen LogP contribution in [0.25, 0.3) is 0 Å². The Balaban J connectivity index is 1.34. The fraction of sp³-hybridized carbons (Fsp3) is 0.500. The van der Waals surface area contributed by atoms with Crippen LogP contribution in [-0.4, -0.2) is 29.2 Å². The Hall–Kier alpha value is -1.62. The lowest BCUT2D eigenvalue weighted by Crippen LogP contribution is -2.40. The van der Waals surface area contributed by atoms with Crippen molar-refractivity contribution in [3.05, 3.63) is 46.2 Å². The molecule has 0 N–H and O–H groups in total. The van der Waals surface area contributed by atoms with Crippen LogP contribution >= 0.6 is 15.9 Å². The highest BCUT2D eigenvalue weighted by atomic mass is 79.9. The number of aromatic nitrogens is 2. The molecule has 4 nitrogen and oxygen atoms in total. The van der Waals surface area contributed by atoms with Crippen molar-refractivity contribution in [3.63, 3.8) is 0 Å². The molecule has 4 rings (SSSR count). The number of hydrogen-bond donors (Lipinski definition) is 0. The van der Waals surface area contributed by atoms with E-state index in [0.717, 1.165) is 61.4 Å². The molecule has 0 spiro atoms.